The third-order valence-corrected chi connectivity index (χ3v) is 2.86. The van der Waals surface area contributed by atoms with Gasteiger partial charge in [-0.3, -0.25) is 0 Å². The molecular weight excluding hydrogens is 299 g/mol. The maximum atomic E-state index is 12.5. The van der Waals surface area contributed by atoms with Crippen LogP contribution in [0.3, 0.4) is 0 Å². The molecule has 7 heteroatoms. The fourth-order valence-corrected chi connectivity index (χ4v) is 1.79. The summed E-state index contributed by atoms with van der Waals surface area (Å²) in [5.74, 6) is 0.797. The summed E-state index contributed by atoms with van der Waals surface area (Å²) in [6, 6.07) is 8.10. The second kappa shape index (κ2) is 7.33. The quantitative estimate of drug-likeness (QED) is 0.825. The number of alkyl halides is 3. The first-order chi connectivity index (χ1) is 10.4. The van der Waals surface area contributed by atoms with Gasteiger partial charge < -0.3 is 19.6 Å². The molecule has 1 heterocycles. The third-order valence-electron chi connectivity index (χ3n) is 2.86. The van der Waals surface area contributed by atoms with Crippen LogP contribution in [0.25, 0.3) is 0 Å². The van der Waals surface area contributed by atoms with E-state index in [9.17, 15) is 18.3 Å². The normalized spacial score (nSPS) is 13.1. The fraction of sp³-hybridized carbons (Fsp3) is 0.333. The molecule has 2 rings (SSSR count). The van der Waals surface area contributed by atoms with Crippen LogP contribution >= 0.6 is 0 Å². The van der Waals surface area contributed by atoms with Crippen LogP contribution in [-0.2, 0) is 12.7 Å². The van der Waals surface area contributed by atoms with E-state index in [1.807, 2.05) is 0 Å². The molecule has 0 fully saturated rings. The van der Waals surface area contributed by atoms with Crippen molar-refractivity contribution in [2.24, 2.45) is 0 Å². The highest BCUT2D eigenvalue weighted by atomic mass is 19.4. The number of aliphatic hydroxyl groups is 1. The van der Waals surface area contributed by atoms with Gasteiger partial charge in [-0.05, 0) is 30.3 Å². The molecule has 0 aliphatic heterocycles. The number of hydrogen-bond donors (Lipinski definition) is 2. The van der Waals surface area contributed by atoms with E-state index in [0.717, 1.165) is 17.9 Å². The molecule has 2 aromatic rings. The zero-order valence-electron chi connectivity index (χ0n) is 11.6. The fourth-order valence-electron chi connectivity index (χ4n) is 1.79. The molecule has 0 saturated carbocycles. The Morgan fingerprint density at radius 2 is 2.05 bits per heavy atom. The Balaban J connectivity index is 1.75. The van der Waals surface area contributed by atoms with E-state index >= 15 is 0 Å². The van der Waals surface area contributed by atoms with Crippen LogP contribution in [0.1, 0.15) is 11.3 Å². The molecule has 0 amide bonds. The van der Waals surface area contributed by atoms with Gasteiger partial charge in [0.1, 0.15) is 24.2 Å². The summed E-state index contributed by atoms with van der Waals surface area (Å²) in [4.78, 5) is 0. The van der Waals surface area contributed by atoms with Crippen LogP contribution in [0.2, 0.25) is 0 Å². The van der Waals surface area contributed by atoms with Gasteiger partial charge in [0.05, 0.1) is 18.4 Å². The zero-order chi connectivity index (χ0) is 16.0. The van der Waals surface area contributed by atoms with E-state index in [1.165, 1.54) is 12.1 Å². The molecule has 1 unspecified atom stereocenters. The molecule has 0 radical (unpaired) electrons. The number of halogens is 3. The topological polar surface area (TPSA) is 54.6 Å². The average Bonchev–Trinajstić information content (AvgIpc) is 2.98. The van der Waals surface area contributed by atoms with Gasteiger partial charge in [-0.1, -0.05) is 6.07 Å². The van der Waals surface area contributed by atoms with Crippen LogP contribution in [0.5, 0.6) is 5.75 Å². The number of rotatable bonds is 7. The molecule has 1 atom stereocenters. The van der Waals surface area contributed by atoms with Crippen LogP contribution < -0.4 is 10.1 Å². The highest BCUT2D eigenvalue weighted by Crippen LogP contribution is 2.31. The number of nitrogens with one attached hydrogen (secondary N) is 1. The van der Waals surface area contributed by atoms with E-state index in [0.29, 0.717) is 6.54 Å². The van der Waals surface area contributed by atoms with Crippen LogP contribution in [0.15, 0.2) is 47.1 Å². The highest BCUT2D eigenvalue weighted by Gasteiger charge is 2.30. The summed E-state index contributed by atoms with van der Waals surface area (Å²) in [5.41, 5.74) is -0.782. The van der Waals surface area contributed by atoms with Gasteiger partial charge in [0.2, 0.25) is 0 Å². The predicted molar refractivity (Wildman–Crippen MR) is 73.4 cm³/mol. The van der Waals surface area contributed by atoms with Crippen LogP contribution in [-0.4, -0.2) is 24.4 Å². The average molecular weight is 315 g/mol. The Bertz CT molecular complexity index is 570. The molecule has 0 spiro atoms. The van der Waals surface area contributed by atoms with Crippen molar-refractivity contribution in [3.05, 3.63) is 54.0 Å². The minimum atomic E-state index is -4.41. The van der Waals surface area contributed by atoms with E-state index in [1.54, 1.807) is 18.4 Å². The molecule has 0 saturated heterocycles. The number of furan rings is 1. The van der Waals surface area contributed by atoms with Crippen molar-refractivity contribution in [3.63, 3.8) is 0 Å². The lowest BCUT2D eigenvalue weighted by atomic mass is 10.2. The maximum absolute atomic E-state index is 12.5. The monoisotopic (exact) mass is 315 g/mol. The first-order valence-corrected chi connectivity index (χ1v) is 6.66. The lowest BCUT2D eigenvalue weighted by Crippen LogP contribution is -2.31. The predicted octanol–water partition coefficient (Wildman–Crippen LogP) is 2.83. The third kappa shape index (κ3) is 5.09. The summed E-state index contributed by atoms with van der Waals surface area (Å²) in [6.07, 6.45) is -3.71. The van der Waals surface area contributed by atoms with Crippen molar-refractivity contribution in [2.45, 2.75) is 18.8 Å². The minimum Gasteiger partial charge on any atom is -0.491 e. The van der Waals surface area contributed by atoms with Gasteiger partial charge >= 0.3 is 6.18 Å². The summed E-state index contributed by atoms with van der Waals surface area (Å²) >= 11 is 0. The lowest BCUT2D eigenvalue weighted by molar-refractivity contribution is -0.137. The lowest BCUT2D eigenvalue weighted by Gasteiger charge is -2.14. The molecule has 0 aliphatic carbocycles. The first kappa shape index (κ1) is 16.4. The minimum absolute atomic E-state index is 0.0694. The van der Waals surface area contributed by atoms with Crippen molar-refractivity contribution < 1.29 is 27.4 Å². The standard InChI is InChI=1S/C15H16F3NO3/c16-15(17,18)11-3-1-4-13(7-11)22-10-12(20)8-19-9-14-5-2-6-21-14/h1-7,12,19-20H,8-10H2. The Morgan fingerprint density at radius 3 is 2.73 bits per heavy atom. The van der Waals surface area contributed by atoms with Gasteiger partial charge in [-0.2, -0.15) is 13.2 Å². The van der Waals surface area contributed by atoms with Gasteiger partial charge in [0.15, 0.2) is 0 Å². The Morgan fingerprint density at radius 1 is 1.23 bits per heavy atom. The van der Waals surface area contributed by atoms with E-state index in [-0.39, 0.29) is 18.9 Å². The Kier molecular flexibility index (Phi) is 5.46. The molecular formula is C15H16F3NO3. The highest BCUT2D eigenvalue weighted by molar-refractivity contribution is 5.30. The Labute approximate surface area is 125 Å². The zero-order valence-corrected chi connectivity index (χ0v) is 11.6. The van der Waals surface area contributed by atoms with Gasteiger partial charge in [-0.25, -0.2) is 0 Å². The van der Waals surface area contributed by atoms with Crippen molar-refractivity contribution in [2.75, 3.05) is 13.2 Å². The number of ether oxygens (including phenoxy) is 1. The van der Waals surface area contributed by atoms with Crippen LogP contribution in [0, 0.1) is 0 Å². The SMILES string of the molecule is OC(CNCc1ccco1)COc1cccc(C(F)(F)F)c1. The van der Waals surface area contributed by atoms with E-state index in [2.05, 4.69) is 5.32 Å². The number of benzene rings is 1. The molecule has 120 valence electrons. The van der Waals surface area contributed by atoms with E-state index < -0.39 is 17.8 Å². The van der Waals surface area contributed by atoms with Gasteiger partial charge in [-0.15, -0.1) is 0 Å². The van der Waals surface area contributed by atoms with Crippen molar-refractivity contribution in [1.29, 1.82) is 0 Å². The molecule has 22 heavy (non-hydrogen) atoms. The summed E-state index contributed by atoms with van der Waals surface area (Å²) < 4.78 is 47.9. The largest absolute Gasteiger partial charge is 0.491 e. The summed E-state index contributed by atoms with van der Waals surface area (Å²) in [6.45, 7) is 0.583. The summed E-state index contributed by atoms with van der Waals surface area (Å²) in [5, 5.41) is 12.7. The second-order valence-corrected chi connectivity index (χ2v) is 4.70. The summed E-state index contributed by atoms with van der Waals surface area (Å²) in [7, 11) is 0. The van der Waals surface area contributed by atoms with Crippen molar-refractivity contribution in [1.82, 2.24) is 5.32 Å². The molecule has 2 N–H and O–H groups in total. The van der Waals surface area contributed by atoms with Crippen LogP contribution in [0.4, 0.5) is 13.2 Å². The molecule has 4 nitrogen and oxygen atoms in total. The molecule has 1 aromatic carbocycles. The van der Waals surface area contributed by atoms with Crippen molar-refractivity contribution >= 4 is 0 Å². The number of hydrogen-bond acceptors (Lipinski definition) is 4. The number of aliphatic hydroxyl groups excluding tert-OH is 1. The molecule has 0 aliphatic rings. The Hall–Kier alpha value is -1.99. The first-order valence-electron chi connectivity index (χ1n) is 6.66. The molecule has 1 aromatic heterocycles. The smallest absolute Gasteiger partial charge is 0.416 e. The van der Waals surface area contributed by atoms with Gasteiger partial charge in [0, 0.05) is 6.54 Å². The maximum Gasteiger partial charge on any atom is 0.416 e. The van der Waals surface area contributed by atoms with Gasteiger partial charge in [0.25, 0.3) is 0 Å². The van der Waals surface area contributed by atoms with Crippen molar-refractivity contribution in [3.8, 4) is 5.75 Å². The second-order valence-electron chi connectivity index (χ2n) is 4.70. The van der Waals surface area contributed by atoms with E-state index in [4.69, 9.17) is 9.15 Å². The molecule has 0 bridgehead atoms.